The van der Waals surface area contributed by atoms with Gasteiger partial charge < -0.3 is 14.3 Å². The fourth-order valence-corrected chi connectivity index (χ4v) is 4.18. The highest BCUT2D eigenvalue weighted by Crippen LogP contribution is 2.41. The van der Waals surface area contributed by atoms with Crippen molar-refractivity contribution in [2.45, 2.75) is 40.4 Å². The lowest BCUT2D eigenvalue weighted by Gasteiger charge is -2.26. The molecule has 0 saturated heterocycles. The Labute approximate surface area is 204 Å². The Morgan fingerprint density at radius 1 is 1.06 bits per heavy atom. The summed E-state index contributed by atoms with van der Waals surface area (Å²) in [4.78, 5) is 15.3. The Balaban J connectivity index is 2.21. The molecule has 1 N–H and O–H groups in total. The predicted molar refractivity (Wildman–Crippen MR) is 128 cm³/mol. The SMILES string of the molecule is CC(C)CN(Cc1c(O)ccc2c(=O)c(Oc3ccccc3Br)c(C(F)(F)F)oc12)CC(C)C. The largest absolute Gasteiger partial charge is 0.507 e. The number of benzene rings is 2. The van der Waals surface area contributed by atoms with Gasteiger partial charge in [0.15, 0.2) is 0 Å². The molecule has 0 radical (unpaired) electrons. The summed E-state index contributed by atoms with van der Waals surface area (Å²) in [6.07, 6.45) is -5.00. The van der Waals surface area contributed by atoms with E-state index < -0.39 is 23.1 Å². The summed E-state index contributed by atoms with van der Waals surface area (Å²) in [6.45, 7) is 9.57. The van der Waals surface area contributed by atoms with Crippen LogP contribution in [0.4, 0.5) is 13.2 Å². The van der Waals surface area contributed by atoms with Crippen molar-refractivity contribution >= 4 is 26.9 Å². The molecule has 0 aliphatic rings. The molecule has 0 fully saturated rings. The van der Waals surface area contributed by atoms with E-state index in [0.29, 0.717) is 17.6 Å². The number of phenolic OH excluding ortho intramolecular Hbond substituents is 1. The zero-order valence-corrected chi connectivity index (χ0v) is 21.0. The summed E-state index contributed by atoms with van der Waals surface area (Å²) in [5.74, 6) is -2.12. The zero-order valence-electron chi connectivity index (χ0n) is 19.4. The first-order chi connectivity index (χ1) is 15.9. The van der Waals surface area contributed by atoms with Crippen LogP contribution in [0, 0.1) is 11.8 Å². The third-order valence-corrected chi connectivity index (χ3v) is 5.69. The summed E-state index contributed by atoms with van der Waals surface area (Å²) in [5, 5.41) is 10.4. The minimum absolute atomic E-state index is 0.0405. The number of halogens is 4. The molecule has 0 spiro atoms. The number of phenols is 1. The lowest BCUT2D eigenvalue weighted by molar-refractivity contribution is -0.154. The van der Waals surface area contributed by atoms with Gasteiger partial charge in [-0.25, -0.2) is 0 Å². The quantitative estimate of drug-likeness (QED) is 0.327. The molecule has 1 heterocycles. The van der Waals surface area contributed by atoms with Gasteiger partial charge in [-0.15, -0.1) is 0 Å². The van der Waals surface area contributed by atoms with Crippen LogP contribution < -0.4 is 10.2 Å². The number of hydrogen-bond donors (Lipinski definition) is 1. The van der Waals surface area contributed by atoms with E-state index in [-0.39, 0.29) is 46.4 Å². The summed E-state index contributed by atoms with van der Waals surface area (Å²) >= 11 is 3.21. The number of aromatic hydroxyl groups is 1. The van der Waals surface area contributed by atoms with Crippen LogP contribution in [0.2, 0.25) is 0 Å². The molecule has 0 unspecified atom stereocenters. The molecule has 9 heteroatoms. The molecular formula is C25H27BrF3NO4. The van der Waals surface area contributed by atoms with Gasteiger partial charge in [0.05, 0.1) is 15.4 Å². The molecule has 0 aliphatic carbocycles. The maximum absolute atomic E-state index is 14.0. The first-order valence-corrected chi connectivity index (χ1v) is 11.7. The molecule has 1 aromatic heterocycles. The normalized spacial score (nSPS) is 12.3. The molecule has 3 rings (SSSR count). The third-order valence-electron chi connectivity index (χ3n) is 5.03. The van der Waals surface area contributed by atoms with Crippen LogP contribution >= 0.6 is 15.9 Å². The van der Waals surface area contributed by atoms with Gasteiger partial charge in [-0.05, 0) is 52.0 Å². The third kappa shape index (κ3) is 5.93. The summed E-state index contributed by atoms with van der Waals surface area (Å²) < 4.78 is 53.1. The minimum Gasteiger partial charge on any atom is -0.507 e. The number of hydrogen-bond acceptors (Lipinski definition) is 5. The molecule has 34 heavy (non-hydrogen) atoms. The van der Waals surface area contributed by atoms with Crippen LogP contribution in [0.25, 0.3) is 11.0 Å². The fourth-order valence-electron chi connectivity index (χ4n) is 3.82. The maximum atomic E-state index is 14.0. The lowest BCUT2D eigenvalue weighted by atomic mass is 10.1. The van der Waals surface area contributed by atoms with E-state index in [2.05, 4.69) is 15.9 Å². The van der Waals surface area contributed by atoms with Crippen LogP contribution in [0.1, 0.15) is 39.0 Å². The van der Waals surface area contributed by atoms with Crippen molar-refractivity contribution in [1.29, 1.82) is 0 Å². The van der Waals surface area contributed by atoms with E-state index in [1.54, 1.807) is 18.2 Å². The molecular weight excluding hydrogens is 515 g/mol. The number of fused-ring (bicyclic) bond motifs is 1. The Kier molecular flexibility index (Phi) is 7.98. The molecule has 0 atom stereocenters. The number of alkyl halides is 3. The Morgan fingerprint density at radius 2 is 1.68 bits per heavy atom. The van der Waals surface area contributed by atoms with Crippen molar-refractivity contribution in [2.75, 3.05) is 13.1 Å². The monoisotopic (exact) mass is 541 g/mol. The first kappa shape index (κ1) is 26.1. The van der Waals surface area contributed by atoms with Gasteiger partial charge in [-0.1, -0.05) is 39.8 Å². The smallest absolute Gasteiger partial charge is 0.453 e. The topological polar surface area (TPSA) is 62.9 Å². The average molecular weight is 542 g/mol. The van der Waals surface area contributed by atoms with Crippen LogP contribution in [0.5, 0.6) is 17.2 Å². The highest BCUT2D eigenvalue weighted by molar-refractivity contribution is 9.10. The van der Waals surface area contributed by atoms with E-state index >= 15 is 0 Å². The van der Waals surface area contributed by atoms with Gasteiger partial charge in [0.2, 0.25) is 11.2 Å². The van der Waals surface area contributed by atoms with Gasteiger partial charge in [0.25, 0.3) is 5.76 Å². The fraction of sp³-hybridized carbons (Fsp3) is 0.400. The predicted octanol–water partition coefficient (Wildman–Crippen LogP) is 7.19. The Bertz CT molecular complexity index is 1210. The van der Waals surface area contributed by atoms with Crippen LogP contribution in [0.15, 0.2) is 50.1 Å². The second-order valence-electron chi connectivity index (χ2n) is 9.04. The molecule has 0 bridgehead atoms. The van der Waals surface area contributed by atoms with Crippen molar-refractivity contribution in [1.82, 2.24) is 4.90 Å². The average Bonchev–Trinajstić information content (AvgIpc) is 2.71. The van der Waals surface area contributed by atoms with Gasteiger partial charge in [0, 0.05) is 19.6 Å². The molecule has 184 valence electrons. The number of para-hydroxylation sites is 1. The number of ether oxygens (including phenoxy) is 1. The lowest BCUT2D eigenvalue weighted by Crippen LogP contribution is -2.31. The van der Waals surface area contributed by atoms with E-state index in [0.717, 1.165) is 0 Å². The van der Waals surface area contributed by atoms with Gasteiger partial charge in [-0.2, -0.15) is 13.2 Å². The zero-order chi connectivity index (χ0) is 25.2. The maximum Gasteiger partial charge on any atom is 0.453 e. The van der Waals surface area contributed by atoms with Crippen molar-refractivity contribution in [2.24, 2.45) is 11.8 Å². The second kappa shape index (κ2) is 10.4. The standard InChI is InChI=1S/C25H27BrF3NO4/c1-14(2)11-30(12-15(3)4)13-17-19(31)10-9-16-21(32)23(24(25(27,28)29)34-22(16)17)33-20-8-6-5-7-18(20)26/h5-10,14-15,31H,11-13H2,1-4H3. The van der Waals surface area contributed by atoms with E-state index in [1.165, 1.54) is 18.2 Å². The Hall–Kier alpha value is -2.52. The minimum atomic E-state index is -5.00. The van der Waals surface area contributed by atoms with Gasteiger partial charge in [-0.3, -0.25) is 9.69 Å². The van der Waals surface area contributed by atoms with Crippen molar-refractivity contribution in [3.05, 3.63) is 62.4 Å². The van der Waals surface area contributed by atoms with Crippen molar-refractivity contribution in [3.63, 3.8) is 0 Å². The van der Waals surface area contributed by atoms with Crippen LogP contribution in [-0.4, -0.2) is 23.1 Å². The molecule has 5 nitrogen and oxygen atoms in total. The number of rotatable bonds is 8. The molecule has 3 aromatic rings. The summed E-state index contributed by atoms with van der Waals surface area (Å²) in [7, 11) is 0. The summed E-state index contributed by atoms with van der Waals surface area (Å²) in [6, 6.07) is 8.81. The molecule has 0 aliphatic heterocycles. The Morgan fingerprint density at radius 3 is 2.24 bits per heavy atom. The molecule has 0 amide bonds. The highest BCUT2D eigenvalue weighted by Gasteiger charge is 2.41. The first-order valence-electron chi connectivity index (χ1n) is 10.9. The summed E-state index contributed by atoms with van der Waals surface area (Å²) in [5.41, 5.74) is -1.13. The van der Waals surface area contributed by atoms with Gasteiger partial charge in [0.1, 0.15) is 17.1 Å². The molecule has 0 saturated carbocycles. The van der Waals surface area contributed by atoms with Crippen LogP contribution in [-0.2, 0) is 12.7 Å². The van der Waals surface area contributed by atoms with E-state index in [9.17, 15) is 23.1 Å². The highest BCUT2D eigenvalue weighted by atomic mass is 79.9. The molecule has 2 aromatic carbocycles. The van der Waals surface area contributed by atoms with Gasteiger partial charge >= 0.3 is 6.18 Å². The van der Waals surface area contributed by atoms with Crippen molar-refractivity contribution < 1.29 is 27.4 Å². The van der Waals surface area contributed by atoms with E-state index in [4.69, 9.17) is 9.15 Å². The van der Waals surface area contributed by atoms with E-state index in [1.807, 2.05) is 32.6 Å². The second-order valence-corrected chi connectivity index (χ2v) is 9.90. The number of nitrogens with zero attached hydrogens (tertiary/aromatic N) is 1. The van der Waals surface area contributed by atoms with Crippen molar-refractivity contribution in [3.8, 4) is 17.2 Å². The van der Waals surface area contributed by atoms with Crippen LogP contribution in [0.3, 0.4) is 0 Å².